The molecular weight excluding hydrogens is 506 g/mol. The summed E-state index contributed by atoms with van der Waals surface area (Å²) in [5.41, 5.74) is 0.543. The monoisotopic (exact) mass is 522 g/mol. The van der Waals surface area contributed by atoms with Crippen LogP contribution in [0.4, 0.5) is 26.3 Å². The number of nitrogens with zero attached hydrogens (tertiary/aromatic N) is 4. The second-order valence-corrected chi connectivity index (χ2v) is 8.65. The molecule has 4 nitrogen and oxygen atoms in total. The van der Waals surface area contributed by atoms with E-state index in [2.05, 4.69) is 10.2 Å². The minimum absolute atomic E-state index is 0.176. The number of rotatable bonds is 3. The van der Waals surface area contributed by atoms with Gasteiger partial charge in [0.1, 0.15) is 0 Å². The maximum Gasteiger partial charge on any atom is 0.416 e. The molecule has 0 radical (unpaired) electrons. The lowest BCUT2D eigenvalue weighted by molar-refractivity contribution is -0.138. The van der Waals surface area contributed by atoms with Crippen molar-refractivity contribution in [1.82, 2.24) is 19.3 Å². The Bertz CT molecular complexity index is 1720. The molecule has 0 atom stereocenters. The molecule has 0 unspecified atom stereocenters. The van der Waals surface area contributed by atoms with Crippen LogP contribution in [-0.4, -0.2) is 19.3 Å². The molecule has 0 N–H and O–H groups in total. The minimum Gasteiger partial charge on any atom is -0.278 e. The number of para-hydroxylation sites is 2. The number of aromatic nitrogens is 4. The molecule has 0 amide bonds. The van der Waals surface area contributed by atoms with Gasteiger partial charge in [-0.3, -0.25) is 9.13 Å². The van der Waals surface area contributed by atoms with Crippen molar-refractivity contribution in [2.75, 3.05) is 0 Å². The van der Waals surface area contributed by atoms with E-state index in [1.54, 1.807) is 4.57 Å². The summed E-state index contributed by atoms with van der Waals surface area (Å²) in [6.45, 7) is 0. The molecule has 0 saturated heterocycles. The topological polar surface area (TPSA) is 35.6 Å². The molecule has 2 heterocycles. The SMILES string of the molecule is FC(F)(F)c1ccc(-c2nnc(-n3c4ccccc4c4ccccc43)n2-c2ccc(C(F)(F)F)cc2)cc1. The predicted molar refractivity (Wildman–Crippen MR) is 131 cm³/mol. The number of hydrogen-bond donors (Lipinski definition) is 0. The lowest BCUT2D eigenvalue weighted by atomic mass is 10.1. The van der Waals surface area contributed by atoms with Gasteiger partial charge in [0, 0.05) is 16.3 Å². The van der Waals surface area contributed by atoms with Gasteiger partial charge in [0.05, 0.1) is 27.8 Å². The lowest BCUT2D eigenvalue weighted by Gasteiger charge is -2.14. The van der Waals surface area contributed by atoms with Gasteiger partial charge in [-0.2, -0.15) is 26.3 Å². The van der Waals surface area contributed by atoms with Gasteiger partial charge >= 0.3 is 12.4 Å². The summed E-state index contributed by atoms with van der Waals surface area (Å²) in [7, 11) is 0. The fourth-order valence-corrected chi connectivity index (χ4v) is 4.59. The molecule has 0 aliphatic heterocycles. The van der Waals surface area contributed by atoms with Crippen molar-refractivity contribution in [3.05, 3.63) is 108 Å². The second-order valence-electron chi connectivity index (χ2n) is 8.65. The zero-order chi connectivity index (χ0) is 26.7. The van der Waals surface area contributed by atoms with Crippen LogP contribution in [-0.2, 0) is 12.4 Å². The van der Waals surface area contributed by atoms with Gasteiger partial charge in [0.15, 0.2) is 5.82 Å². The van der Waals surface area contributed by atoms with Crippen molar-refractivity contribution < 1.29 is 26.3 Å². The van der Waals surface area contributed by atoms with Gasteiger partial charge in [-0.15, -0.1) is 10.2 Å². The Morgan fingerprint density at radius 2 is 0.974 bits per heavy atom. The van der Waals surface area contributed by atoms with E-state index in [1.807, 2.05) is 53.1 Å². The number of halogens is 6. The minimum atomic E-state index is -4.53. The molecule has 2 aromatic heterocycles. The van der Waals surface area contributed by atoms with E-state index in [1.165, 1.54) is 24.3 Å². The summed E-state index contributed by atoms with van der Waals surface area (Å²) < 4.78 is 82.6. The van der Waals surface area contributed by atoms with E-state index < -0.39 is 23.5 Å². The van der Waals surface area contributed by atoms with Crippen LogP contribution < -0.4 is 0 Å². The van der Waals surface area contributed by atoms with Crippen LogP contribution in [0.1, 0.15) is 11.1 Å². The van der Waals surface area contributed by atoms with Crippen molar-refractivity contribution in [1.29, 1.82) is 0 Å². The van der Waals surface area contributed by atoms with E-state index in [0.29, 0.717) is 11.3 Å². The Morgan fingerprint density at radius 3 is 1.47 bits per heavy atom. The molecule has 6 rings (SSSR count). The molecule has 6 aromatic rings. The molecular formula is C28H16F6N4. The summed E-state index contributed by atoms with van der Waals surface area (Å²) in [5, 5.41) is 10.5. The molecule has 0 aliphatic carbocycles. The van der Waals surface area contributed by atoms with Crippen LogP contribution in [0.2, 0.25) is 0 Å². The van der Waals surface area contributed by atoms with Crippen LogP contribution in [0.3, 0.4) is 0 Å². The van der Waals surface area contributed by atoms with Crippen molar-refractivity contribution in [2.45, 2.75) is 12.4 Å². The molecule has 0 saturated carbocycles. The number of benzene rings is 4. The molecule has 190 valence electrons. The largest absolute Gasteiger partial charge is 0.416 e. The fourth-order valence-electron chi connectivity index (χ4n) is 4.59. The first-order chi connectivity index (χ1) is 18.1. The first-order valence-electron chi connectivity index (χ1n) is 11.4. The Morgan fingerprint density at radius 1 is 0.500 bits per heavy atom. The summed E-state index contributed by atoms with van der Waals surface area (Å²) >= 11 is 0. The van der Waals surface area contributed by atoms with Crippen molar-refractivity contribution in [3.63, 3.8) is 0 Å². The van der Waals surface area contributed by atoms with Gasteiger partial charge in [0.2, 0.25) is 5.95 Å². The highest BCUT2D eigenvalue weighted by Crippen LogP contribution is 2.36. The van der Waals surface area contributed by atoms with Gasteiger partial charge in [0.25, 0.3) is 0 Å². The molecule has 0 spiro atoms. The van der Waals surface area contributed by atoms with Gasteiger partial charge in [-0.05, 0) is 48.5 Å². The molecule has 0 bridgehead atoms. The molecule has 0 aliphatic rings. The van der Waals surface area contributed by atoms with Crippen LogP contribution >= 0.6 is 0 Å². The van der Waals surface area contributed by atoms with Crippen molar-refractivity contribution >= 4 is 21.8 Å². The Labute approximate surface area is 211 Å². The third kappa shape index (κ3) is 3.89. The van der Waals surface area contributed by atoms with E-state index >= 15 is 0 Å². The summed E-state index contributed by atoms with van der Waals surface area (Å²) in [6, 6.07) is 24.0. The summed E-state index contributed by atoms with van der Waals surface area (Å²) in [4.78, 5) is 0. The third-order valence-electron chi connectivity index (χ3n) is 6.35. The third-order valence-corrected chi connectivity index (χ3v) is 6.35. The predicted octanol–water partition coefficient (Wildman–Crippen LogP) is 8.07. The highest BCUT2D eigenvalue weighted by atomic mass is 19.4. The van der Waals surface area contributed by atoms with Crippen molar-refractivity contribution in [3.8, 4) is 23.0 Å². The van der Waals surface area contributed by atoms with Gasteiger partial charge in [-0.25, -0.2) is 0 Å². The van der Waals surface area contributed by atoms with Crippen LogP contribution in [0.5, 0.6) is 0 Å². The second kappa shape index (κ2) is 8.47. The first kappa shape index (κ1) is 23.8. The van der Waals surface area contributed by atoms with E-state index in [4.69, 9.17) is 0 Å². The zero-order valence-corrected chi connectivity index (χ0v) is 19.3. The quantitative estimate of drug-likeness (QED) is 0.220. The maximum absolute atomic E-state index is 13.3. The molecule has 4 aromatic carbocycles. The first-order valence-corrected chi connectivity index (χ1v) is 11.4. The van der Waals surface area contributed by atoms with E-state index in [9.17, 15) is 26.3 Å². The van der Waals surface area contributed by atoms with Crippen molar-refractivity contribution in [2.24, 2.45) is 0 Å². The van der Waals surface area contributed by atoms with Gasteiger partial charge < -0.3 is 0 Å². The van der Waals surface area contributed by atoms with E-state index in [-0.39, 0.29) is 11.8 Å². The zero-order valence-electron chi connectivity index (χ0n) is 19.3. The van der Waals surface area contributed by atoms with E-state index in [0.717, 1.165) is 46.1 Å². The van der Waals surface area contributed by atoms with Crippen LogP contribution in [0, 0.1) is 0 Å². The number of hydrogen-bond acceptors (Lipinski definition) is 2. The average Bonchev–Trinajstić information content (AvgIpc) is 3.47. The maximum atomic E-state index is 13.3. The van der Waals surface area contributed by atoms with Crippen LogP contribution in [0.25, 0.3) is 44.8 Å². The fraction of sp³-hybridized carbons (Fsp3) is 0.0714. The van der Waals surface area contributed by atoms with Gasteiger partial charge in [-0.1, -0.05) is 48.5 Å². The standard InChI is InChI=1S/C28H16F6N4/c29-27(30,31)18-11-9-17(10-12-18)25-35-36-26(37(25)20-15-13-19(14-16-20)28(32,33)34)38-23-7-3-1-5-21(23)22-6-2-4-8-24(22)38/h1-16H. The van der Waals surface area contributed by atoms with Crippen LogP contribution in [0.15, 0.2) is 97.1 Å². The Hall–Kier alpha value is -4.60. The normalized spacial score (nSPS) is 12.5. The Balaban J connectivity index is 1.63. The Kier molecular flexibility index (Phi) is 5.30. The number of fused-ring (bicyclic) bond motifs is 3. The molecule has 10 heteroatoms. The molecule has 0 fully saturated rings. The smallest absolute Gasteiger partial charge is 0.278 e. The highest BCUT2D eigenvalue weighted by molar-refractivity contribution is 6.09. The lowest BCUT2D eigenvalue weighted by Crippen LogP contribution is -2.09. The summed E-state index contributed by atoms with van der Waals surface area (Å²) in [5.74, 6) is 0.451. The number of alkyl halides is 6. The average molecular weight is 522 g/mol. The highest BCUT2D eigenvalue weighted by Gasteiger charge is 2.32. The molecule has 38 heavy (non-hydrogen) atoms. The summed E-state index contributed by atoms with van der Waals surface area (Å²) in [6.07, 6.45) is -9.05.